The van der Waals surface area contributed by atoms with Crippen LogP contribution in [0.4, 0.5) is 16.2 Å². The average Bonchev–Trinajstić information content (AvgIpc) is 3.16. The number of hydrogen-bond acceptors (Lipinski definition) is 3. The van der Waals surface area contributed by atoms with Crippen molar-refractivity contribution in [2.24, 2.45) is 0 Å². The van der Waals surface area contributed by atoms with Crippen molar-refractivity contribution in [2.45, 2.75) is 19.8 Å². The van der Waals surface area contributed by atoms with Gasteiger partial charge in [-0.2, -0.15) is 0 Å². The molecule has 0 aliphatic rings. The van der Waals surface area contributed by atoms with E-state index < -0.39 is 0 Å². The maximum absolute atomic E-state index is 12.4. The highest BCUT2D eigenvalue weighted by atomic mass is 16.5. The topological polar surface area (TPSA) is 79.0 Å². The number of aryl methyl sites for hydroxylation is 3. The maximum atomic E-state index is 12.4. The minimum atomic E-state index is -0.311. The SMILES string of the molecule is COc1ccc(C)cc1NC(=O)Nc1ccc(CCc2nc3ccccc3[nH]2)cc1. The summed E-state index contributed by atoms with van der Waals surface area (Å²) in [4.78, 5) is 20.3. The quantitative estimate of drug-likeness (QED) is 0.410. The van der Waals surface area contributed by atoms with Gasteiger partial charge in [-0.15, -0.1) is 0 Å². The Kier molecular flexibility index (Phi) is 5.66. The number of imidazole rings is 1. The van der Waals surface area contributed by atoms with Crippen LogP contribution in [-0.4, -0.2) is 23.1 Å². The summed E-state index contributed by atoms with van der Waals surface area (Å²) in [6, 6.07) is 21.2. The minimum Gasteiger partial charge on any atom is -0.495 e. The van der Waals surface area contributed by atoms with E-state index in [1.165, 1.54) is 5.56 Å². The molecule has 1 heterocycles. The Morgan fingerprint density at radius 2 is 1.80 bits per heavy atom. The number of nitrogens with one attached hydrogen (secondary N) is 3. The Morgan fingerprint density at radius 3 is 2.57 bits per heavy atom. The number of H-pyrrole nitrogens is 1. The Hall–Kier alpha value is -3.80. The highest BCUT2D eigenvalue weighted by Crippen LogP contribution is 2.25. The summed E-state index contributed by atoms with van der Waals surface area (Å²) in [6.45, 7) is 1.96. The van der Waals surface area contributed by atoms with Crippen LogP contribution in [0.25, 0.3) is 11.0 Å². The van der Waals surface area contributed by atoms with Crippen LogP contribution in [0.5, 0.6) is 5.75 Å². The zero-order chi connectivity index (χ0) is 20.9. The van der Waals surface area contributed by atoms with E-state index in [1.807, 2.05) is 73.7 Å². The van der Waals surface area contributed by atoms with Crippen molar-refractivity contribution in [3.63, 3.8) is 0 Å². The van der Waals surface area contributed by atoms with Crippen LogP contribution in [0.2, 0.25) is 0 Å². The molecule has 4 rings (SSSR count). The van der Waals surface area contributed by atoms with Crippen LogP contribution in [-0.2, 0) is 12.8 Å². The molecule has 6 heteroatoms. The number of aromatic nitrogens is 2. The third-order valence-electron chi connectivity index (χ3n) is 4.90. The number of anilines is 2. The fraction of sp³-hybridized carbons (Fsp3) is 0.167. The van der Waals surface area contributed by atoms with Crippen LogP contribution >= 0.6 is 0 Å². The fourth-order valence-corrected chi connectivity index (χ4v) is 3.35. The van der Waals surface area contributed by atoms with Gasteiger partial charge >= 0.3 is 6.03 Å². The van der Waals surface area contributed by atoms with E-state index in [0.29, 0.717) is 11.4 Å². The van der Waals surface area contributed by atoms with E-state index in [1.54, 1.807) is 7.11 Å². The summed E-state index contributed by atoms with van der Waals surface area (Å²) < 4.78 is 5.30. The lowest BCUT2D eigenvalue weighted by atomic mass is 10.1. The first-order chi connectivity index (χ1) is 14.6. The maximum Gasteiger partial charge on any atom is 0.323 e. The van der Waals surface area contributed by atoms with E-state index in [-0.39, 0.29) is 6.03 Å². The van der Waals surface area contributed by atoms with Gasteiger partial charge in [0.25, 0.3) is 0 Å². The van der Waals surface area contributed by atoms with Gasteiger partial charge in [-0.1, -0.05) is 30.3 Å². The summed E-state index contributed by atoms with van der Waals surface area (Å²) in [5, 5.41) is 5.69. The molecule has 0 saturated carbocycles. The number of fused-ring (bicyclic) bond motifs is 1. The van der Waals surface area contributed by atoms with Crippen molar-refractivity contribution < 1.29 is 9.53 Å². The first-order valence-electron chi connectivity index (χ1n) is 9.86. The Morgan fingerprint density at radius 1 is 1.00 bits per heavy atom. The molecule has 2 amide bonds. The van der Waals surface area contributed by atoms with Gasteiger partial charge in [0.2, 0.25) is 0 Å². The fourth-order valence-electron chi connectivity index (χ4n) is 3.35. The van der Waals surface area contributed by atoms with Crippen molar-refractivity contribution in [3.05, 3.63) is 83.7 Å². The standard InChI is InChI=1S/C24H24N4O2/c1-16-7-13-22(30-2)21(15-16)28-24(29)25-18-11-8-17(9-12-18)10-14-23-26-19-5-3-4-6-20(19)27-23/h3-9,11-13,15H,10,14H2,1-2H3,(H,26,27)(H2,25,28,29). The number of hydrogen-bond donors (Lipinski definition) is 3. The smallest absolute Gasteiger partial charge is 0.323 e. The number of nitrogens with zero attached hydrogens (tertiary/aromatic N) is 1. The molecule has 0 unspecified atom stereocenters. The summed E-state index contributed by atoms with van der Waals surface area (Å²) in [5.74, 6) is 1.60. The number of ether oxygens (including phenoxy) is 1. The van der Waals surface area contributed by atoms with E-state index in [4.69, 9.17) is 4.74 Å². The average molecular weight is 400 g/mol. The number of benzene rings is 3. The highest BCUT2D eigenvalue weighted by Gasteiger charge is 2.08. The van der Waals surface area contributed by atoms with Crippen molar-refractivity contribution >= 4 is 28.4 Å². The molecule has 4 aromatic rings. The summed E-state index contributed by atoms with van der Waals surface area (Å²) in [6.07, 6.45) is 1.70. The number of para-hydroxylation sites is 2. The molecule has 0 radical (unpaired) electrons. The molecule has 0 spiro atoms. The molecule has 0 bridgehead atoms. The van der Waals surface area contributed by atoms with Gasteiger partial charge in [0.05, 0.1) is 23.8 Å². The Bertz CT molecular complexity index is 1130. The monoisotopic (exact) mass is 400 g/mol. The Labute approximate surface area is 175 Å². The van der Waals surface area contributed by atoms with Gasteiger partial charge < -0.3 is 20.4 Å². The van der Waals surface area contributed by atoms with Gasteiger partial charge in [-0.25, -0.2) is 9.78 Å². The predicted octanol–water partition coefficient (Wildman–Crippen LogP) is 5.31. The molecule has 0 fully saturated rings. The molecule has 0 aliphatic carbocycles. The van der Waals surface area contributed by atoms with Crippen molar-refractivity contribution in [1.82, 2.24) is 9.97 Å². The van der Waals surface area contributed by atoms with Crippen molar-refractivity contribution in [3.8, 4) is 5.75 Å². The lowest BCUT2D eigenvalue weighted by Gasteiger charge is -2.12. The van der Waals surface area contributed by atoms with E-state index in [9.17, 15) is 4.79 Å². The van der Waals surface area contributed by atoms with Gasteiger partial charge in [0, 0.05) is 12.1 Å². The van der Waals surface area contributed by atoms with Crippen LogP contribution in [0.1, 0.15) is 17.0 Å². The lowest BCUT2D eigenvalue weighted by Crippen LogP contribution is -2.19. The van der Waals surface area contributed by atoms with Crippen LogP contribution in [0, 0.1) is 6.92 Å². The molecular formula is C24H24N4O2. The summed E-state index contributed by atoms with van der Waals surface area (Å²) in [5.41, 5.74) is 5.64. The number of aromatic amines is 1. The van der Waals surface area contributed by atoms with Gasteiger partial charge in [0.1, 0.15) is 11.6 Å². The molecule has 0 saturated heterocycles. The third kappa shape index (κ3) is 4.60. The summed E-state index contributed by atoms with van der Waals surface area (Å²) >= 11 is 0. The number of amides is 2. The largest absolute Gasteiger partial charge is 0.495 e. The van der Waals surface area contributed by atoms with Crippen molar-refractivity contribution in [2.75, 3.05) is 17.7 Å². The molecular weight excluding hydrogens is 376 g/mol. The Balaban J connectivity index is 1.34. The van der Waals surface area contributed by atoms with E-state index in [0.717, 1.165) is 41.0 Å². The zero-order valence-corrected chi connectivity index (χ0v) is 17.0. The first-order valence-corrected chi connectivity index (χ1v) is 9.86. The predicted molar refractivity (Wildman–Crippen MR) is 120 cm³/mol. The van der Waals surface area contributed by atoms with E-state index >= 15 is 0 Å². The normalized spacial score (nSPS) is 10.7. The third-order valence-corrected chi connectivity index (χ3v) is 4.90. The lowest BCUT2D eigenvalue weighted by molar-refractivity contribution is 0.262. The molecule has 0 atom stereocenters. The molecule has 6 nitrogen and oxygen atoms in total. The molecule has 3 aromatic carbocycles. The van der Waals surface area contributed by atoms with Crippen molar-refractivity contribution in [1.29, 1.82) is 0 Å². The van der Waals surface area contributed by atoms with Gasteiger partial charge in [-0.3, -0.25) is 0 Å². The van der Waals surface area contributed by atoms with Gasteiger partial charge in [0.15, 0.2) is 0 Å². The highest BCUT2D eigenvalue weighted by molar-refractivity contribution is 6.00. The second-order valence-electron chi connectivity index (χ2n) is 7.18. The molecule has 3 N–H and O–H groups in total. The minimum absolute atomic E-state index is 0.311. The van der Waals surface area contributed by atoms with E-state index in [2.05, 4.69) is 20.6 Å². The number of methoxy groups -OCH3 is 1. The van der Waals surface area contributed by atoms with Crippen LogP contribution < -0.4 is 15.4 Å². The number of carbonyl (C=O) groups is 1. The number of urea groups is 1. The molecule has 152 valence electrons. The molecule has 0 aliphatic heterocycles. The van der Waals surface area contributed by atoms with Crippen LogP contribution in [0.3, 0.4) is 0 Å². The molecule has 1 aromatic heterocycles. The second-order valence-corrected chi connectivity index (χ2v) is 7.18. The van der Waals surface area contributed by atoms with Crippen LogP contribution in [0.15, 0.2) is 66.7 Å². The number of carbonyl (C=O) groups excluding carboxylic acids is 1. The van der Waals surface area contributed by atoms with Gasteiger partial charge in [-0.05, 0) is 60.9 Å². The number of rotatable bonds is 6. The first kappa shape index (κ1) is 19.5. The molecule has 30 heavy (non-hydrogen) atoms. The summed E-state index contributed by atoms with van der Waals surface area (Å²) in [7, 11) is 1.58. The second kappa shape index (κ2) is 8.69. The zero-order valence-electron chi connectivity index (χ0n) is 17.0.